The first-order chi connectivity index (χ1) is 12.1. The number of hydrogen-bond acceptors (Lipinski definition) is 4. The van der Waals surface area contributed by atoms with Crippen LogP contribution in [-0.4, -0.2) is 36.6 Å². The second-order valence-electron chi connectivity index (χ2n) is 6.17. The summed E-state index contributed by atoms with van der Waals surface area (Å²) >= 11 is 0. The summed E-state index contributed by atoms with van der Waals surface area (Å²) < 4.78 is 10.6. The Morgan fingerprint density at radius 3 is 2.84 bits per heavy atom. The third-order valence-corrected chi connectivity index (χ3v) is 4.45. The van der Waals surface area contributed by atoms with Crippen LogP contribution in [0.1, 0.15) is 27.5 Å². The molecule has 0 radical (unpaired) electrons. The van der Waals surface area contributed by atoms with Gasteiger partial charge in [0.1, 0.15) is 6.04 Å². The number of nitrogens with one attached hydrogen (secondary N) is 1. The minimum absolute atomic E-state index is 0.158. The molecule has 0 saturated carbocycles. The molecule has 0 bridgehead atoms. The first-order valence-electron chi connectivity index (χ1n) is 8.18. The minimum atomic E-state index is -0.633. The van der Waals surface area contributed by atoms with Crippen LogP contribution in [0.3, 0.4) is 0 Å². The zero-order chi connectivity index (χ0) is 17.4. The van der Waals surface area contributed by atoms with E-state index in [1.165, 1.54) is 0 Å². The van der Waals surface area contributed by atoms with Crippen molar-refractivity contribution < 1.29 is 19.1 Å². The molecule has 25 heavy (non-hydrogen) atoms. The van der Waals surface area contributed by atoms with Crippen LogP contribution in [0.5, 0.6) is 11.5 Å². The van der Waals surface area contributed by atoms with E-state index in [1.54, 1.807) is 23.1 Å². The fourth-order valence-electron chi connectivity index (χ4n) is 3.25. The van der Waals surface area contributed by atoms with Crippen molar-refractivity contribution in [1.29, 1.82) is 0 Å². The predicted octanol–water partition coefficient (Wildman–Crippen LogP) is 2.04. The highest BCUT2D eigenvalue weighted by molar-refractivity contribution is 5.99. The Balaban J connectivity index is 1.68. The lowest BCUT2D eigenvalue weighted by molar-refractivity contribution is -0.128. The lowest BCUT2D eigenvalue weighted by Gasteiger charge is -2.35. The topological polar surface area (TPSA) is 67.9 Å². The molecular formula is C19H18N2O4. The molecule has 1 N–H and O–H groups in total. The van der Waals surface area contributed by atoms with E-state index in [4.69, 9.17) is 9.47 Å². The summed E-state index contributed by atoms with van der Waals surface area (Å²) in [4.78, 5) is 27.2. The Hall–Kier alpha value is -3.02. The molecule has 2 aliphatic rings. The molecule has 2 aromatic rings. The van der Waals surface area contributed by atoms with Crippen LogP contribution < -0.4 is 14.8 Å². The van der Waals surface area contributed by atoms with Gasteiger partial charge in [-0.1, -0.05) is 29.8 Å². The van der Waals surface area contributed by atoms with E-state index in [-0.39, 0.29) is 18.6 Å². The van der Waals surface area contributed by atoms with E-state index < -0.39 is 6.04 Å². The highest BCUT2D eigenvalue weighted by Crippen LogP contribution is 2.34. The number of amides is 2. The molecule has 2 heterocycles. The molecule has 2 amide bonds. The van der Waals surface area contributed by atoms with Gasteiger partial charge < -0.3 is 19.7 Å². The van der Waals surface area contributed by atoms with Crippen molar-refractivity contribution in [3.63, 3.8) is 0 Å². The van der Waals surface area contributed by atoms with Crippen molar-refractivity contribution in [1.82, 2.24) is 10.2 Å². The van der Waals surface area contributed by atoms with E-state index in [0.717, 1.165) is 11.1 Å². The van der Waals surface area contributed by atoms with Gasteiger partial charge in [-0.15, -0.1) is 0 Å². The lowest BCUT2D eigenvalue weighted by Crippen LogP contribution is -2.52. The number of aryl methyl sites for hydroxylation is 1. The van der Waals surface area contributed by atoms with Gasteiger partial charge in [0.05, 0.1) is 0 Å². The van der Waals surface area contributed by atoms with Crippen LogP contribution >= 0.6 is 0 Å². The molecule has 0 spiro atoms. The molecule has 1 fully saturated rings. The molecule has 2 aromatic carbocycles. The average Bonchev–Trinajstić information content (AvgIpc) is 3.08. The molecule has 2 aliphatic heterocycles. The zero-order valence-corrected chi connectivity index (χ0v) is 13.8. The monoisotopic (exact) mass is 338 g/mol. The van der Waals surface area contributed by atoms with E-state index in [2.05, 4.69) is 5.32 Å². The number of hydrogen-bond donors (Lipinski definition) is 1. The summed E-state index contributed by atoms with van der Waals surface area (Å²) in [5.41, 5.74) is 2.34. The maximum absolute atomic E-state index is 13.1. The Morgan fingerprint density at radius 2 is 2.00 bits per heavy atom. The average molecular weight is 338 g/mol. The Morgan fingerprint density at radius 1 is 1.16 bits per heavy atom. The van der Waals surface area contributed by atoms with Crippen LogP contribution in [0, 0.1) is 6.92 Å². The molecular weight excluding hydrogens is 320 g/mol. The second kappa shape index (κ2) is 6.12. The van der Waals surface area contributed by atoms with Crippen LogP contribution in [0.2, 0.25) is 0 Å². The Kier molecular flexibility index (Phi) is 3.80. The summed E-state index contributed by atoms with van der Waals surface area (Å²) in [6, 6.07) is 12.1. The lowest BCUT2D eigenvalue weighted by atomic mass is 9.99. The summed E-state index contributed by atoms with van der Waals surface area (Å²) in [5, 5.41) is 2.85. The number of carbonyl (C=O) groups excluding carboxylic acids is 2. The second-order valence-corrected chi connectivity index (χ2v) is 6.17. The van der Waals surface area contributed by atoms with Crippen LogP contribution in [0.25, 0.3) is 0 Å². The molecule has 1 saturated heterocycles. The summed E-state index contributed by atoms with van der Waals surface area (Å²) in [6.07, 6.45) is 0. The largest absolute Gasteiger partial charge is 0.454 e. The first-order valence-corrected chi connectivity index (χ1v) is 8.18. The van der Waals surface area contributed by atoms with Gasteiger partial charge >= 0.3 is 0 Å². The summed E-state index contributed by atoms with van der Waals surface area (Å²) in [6.45, 7) is 3.02. The van der Waals surface area contributed by atoms with Gasteiger partial charge in [-0.25, -0.2) is 0 Å². The third-order valence-electron chi connectivity index (χ3n) is 4.45. The van der Waals surface area contributed by atoms with Crippen molar-refractivity contribution in [2.75, 3.05) is 19.9 Å². The van der Waals surface area contributed by atoms with Gasteiger partial charge in [0, 0.05) is 18.7 Å². The number of ether oxygens (including phenoxy) is 2. The standard InChI is InChI=1S/C19H18N2O4/c1-12-3-2-4-13(9-12)17-18(22)20-7-8-21(17)19(23)14-5-6-15-16(10-14)25-11-24-15/h2-6,9-10,17H,7-8,11H2,1H3,(H,20,22). The van der Waals surface area contributed by atoms with Crippen molar-refractivity contribution >= 4 is 11.8 Å². The van der Waals surface area contributed by atoms with Crippen LogP contribution in [-0.2, 0) is 4.79 Å². The van der Waals surface area contributed by atoms with Crippen LogP contribution in [0.15, 0.2) is 42.5 Å². The highest BCUT2D eigenvalue weighted by atomic mass is 16.7. The smallest absolute Gasteiger partial charge is 0.255 e. The maximum Gasteiger partial charge on any atom is 0.255 e. The summed E-state index contributed by atoms with van der Waals surface area (Å²) in [7, 11) is 0. The summed E-state index contributed by atoms with van der Waals surface area (Å²) in [5.74, 6) is 0.827. The minimum Gasteiger partial charge on any atom is -0.454 e. The molecule has 0 aliphatic carbocycles. The third kappa shape index (κ3) is 2.80. The van der Waals surface area contributed by atoms with Crippen molar-refractivity contribution in [3.05, 3.63) is 59.2 Å². The Labute approximate surface area is 145 Å². The fourth-order valence-corrected chi connectivity index (χ4v) is 3.25. The molecule has 4 rings (SSSR count). The van der Waals surface area contributed by atoms with Gasteiger partial charge in [0.15, 0.2) is 11.5 Å². The van der Waals surface area contributed by atoms with Gasteiger partial charge in [-0.05, 0) is 30.7 Å². The number of rotatable bonds is 2. The first kappa shape index (κ1) is 15.5. The molecule has 128 valence electrons. The highest BCUT2D eigenvalue weighted by Gasteiger charge is 2.35. The van der Waals surface area contributed by atoms with E-state index in [0.29, 0.717) is 30.2 Å². The van der Waals surface area contributed by atoms with Gasteiger partial charge in [0.2, 0.25) is 12.7 Å². The number of fused-ring (bicyclic) bond motifs is 1. The number of benzene rings is 2. The van der Waals surface area contributed by atoms with Crippen LogP contribution in [0.4, 0.5) is 0 Å². The number of piperazine rings is 1. The predicted molar refractivity (Wildman–Crippen MR) is 90.5 cm³/mol. The van der Waals surface area contributed by atoms with Gasteiger partial charge in [-0.3, -0.25) is 9.59 Å². The molecule has 1 atom stereocenters. The normalized spacial score (nSPS) is 18.8. The van der Waals surface area contributed by atoms with Gasteiger partial charge in [0.25, 0.3) is 5.91 Å². The van der Waals surface area contributed by atoms with Crippen molar-refractivity contribution in [2.45, 2.75) is 13.0 Å². The molecule has 6 heteroatoms. The van der Waals surface area contributed by atoms with E-state index in [1.807, 2.05) is 31.2 Å². The molecule has 1 unspecified atom stereocenters. The molecule has 6 nitrogen and oxygen atoms in total. The maximum atomic E-state index is 13.1. The molecule has 0 aromatic heterocycles. The van der Waals surface area contributed by atoms with E-state index >= 15 is 0 Å². The van der Waals surface area contributed by atoms with Crippen molar-refractivity contribution in [2.24, 2.45) is 0 Å². The fraction of sp³-hybridized carbons (Fsp3) is 0.263. The quantitative estimate of drug-likeness (QED) is 0.910. The van der Waals surface area contributed by atoms with E-state index in [9.17, 15) is 9.59 Å². The Bertz CT molecular complexity index is 849. The number of carbonyl (C=O) groups is 2. The van der Waals surface area contributed by atoms with Crippen molar-refractivity contribution in [3.8, 4) is 11.5 Å². The van der Waals surface area contributed by atoms with Gasteiger partial charge in [-0.2, -0.15) is 0 Å². The number of nitrogens with zero attached hydrogens (tertiary/aromatic N) is 1. The SMILES string of the molecule is Cc1cccc(C2C(=O)NCCN2C(=O)c2ccc3c(c2)OCO3)c1. The zero-order valence-electron chi connectivity index (χ0n) is 13.8.